The molecule has 3 rings (SSSR count). The molecule has 2 N–H and O–H groups in total. The lowest BCUT2D eigenvalue weighted by atomic mass is 10.0. The summed E-state index contributed by atoms with van der Waals surface area (Å²) in [4.78, 5) is 14.0. The Kier molecular flexibility index (Phi) is 4.09. The number of hydrogen-bond acceptors (Lipinski definition) is 2. The zero-order valence-electron chi connectivity index (χ0n) is 10.2. The molecule has 18 heavy (non-hydrogen) atoms. The fraction of sp³-hybridized carbons (Fsp3) is 0.462. The molecule has 2 aliphatic heterocycles. The van der Waals surface area contributed by atoms with E-state index in [1.807, 2.05) is 23.1 Å². The molecule has 1 aromatic rings. The average Bonchev–Trinajstić information content (AvgIpc) is 2.39. The van der Waals surface area contributed by atoms with Gasteiger partial charge in [-0.2, -0.15) is 0 Å². The van der Waals surface area contributed by atoms with Crippen LogP contribution >= 0.6 is 12.4 Å². The normalized spacial score (nSPS) is 22.8. The third kappa shape index (κ3) is 2.44. The molecule has 0 bridgehead atoms. The number of benzene rings is 1. The Morgan fingerprint density at radius 1 is 1.28 bits per heavy atom. The van der Waals surface area contributed by atoms with E-state index < -0.39 is 0 Å². The highest BCUT2D eigenvalue weighted by molar-refractivity contribution is 5.92. The van der Waals surface area contributed by atoms with Gasteiger partial charge in [0, 0.05) is 24.8 Å². The first kappa shape index (κ1) is 13.2. The molecule has 98 valence electrons. The first-order chi connectivity index (χ1) is 8.34. The van der Waals surface area contributed by atoms with Gasteiger partial charge in [-0.1, -0.05) is 18.2 Å². The Morgan fingerprint density at radius 2 is 2.11 bits per heavy atom. The Bertz CT molecular complexity index is 432. The van der Waals surface area contributed by atoms with Gasteiger partial charge < -0.3 is 15.5 Å². The molecule has 0 unspecified atom stereocenters. The highest BCUT2D eigenvalue weighted by atomic mass is 35.5. The number of hydrogen-bond donors (Lipinski definition) is 2. The van der Waals surface area contributed by atoms with Gasteiger partial charge in [0.25, 0.3) is 0 Å². The van der Waals surface area contributed by atoms with Crippen molar-refractivity contribution in [3.63, 3.8) is 0 Å². The van der Waals surface area contributed by atoms with Gasteiger partial charge in [0.15, 0.2) is 0 Å². The van der Waals surface area contributed by atoms with Gasteiger partial charge in [-0.25, -0.2) is 4.79 Å². The van der Waals surface area contributed by atoms with E-state index in [9.17, 15) is 4.79 Å². The topological polar surface area (TPSA) is 44.4 Å². The molecule has 0 spiro atoms. The summed E-state index contributed by atoms with van der Waals surface area (Å²) < 4.78 is 0. The number of carbonyl (C=O) groups excluding carboxylic acids is 1. The number of fused-ring (bicyclic) bond motifs is 1. The van der Waals surface area contributed by atoms with Crippen LogP contribution in [0, 0.1) is 0 Å². The second-order valence-electron chi connectivity index (χ2n) is 4.72. The third-order valence-corrected chi connectivity index (χ3v) is 3.57. The molecular weight excluding hydrogens is 250 g/mol. The van der Waals surface area contributed by atoms with E-state index in [0.29, 0.717) is 6.04 Å². The van der Waals surface area contributed by atoms with Gasteiger partial charge in [0.2, 0.25) is 0 Å². The summed E-state index contributed by atoms with van der Waals surface area (Å²) in [5.74, 6) is 0. The van der Waals surface area contributed by atoms with Crippen molar-refractivity contribution in [2.75, 3.05) is 18.4 Å². The van der Waals surface area contributed by atoms with Gasteiger partial charge in [-0.05, 0) is 31.0 Å². The third-order valence-electron chi connectivity index (χ3n) is 3.57. The van der Waals surface area contributed by atoms with E-state index in [4.69, 9.17) is 0 Å². The molecule has 0 aliphatic carbocycles. The van der Waals surface area contributed by atoms with Gasteiger partial charge in [-0.3, -0.25) is 0 Å². The summed E-state index contributed by atoms with van der Waals surface area (Å²) in [7, 11) is 0. The second kappa shape index (κ2) is 5.59. The number of nitrogens with zero attached hydrogens (tertiary/aromatic N) is 1. The highest BCUT2D eigenvalue weighted by Crippen LogP contribution is 2.25. The van der Waals surface area contributed by atoms with Gasteiger partial charge in [-0.15, -0.1) is 12.4 Å². The maximum Gasteiger partial charge on any atom is 0.322 e. The summed E-state index contributed by atoms with van der Waals surface area (Å²) in [5.41, 5.74) is 2.16. The van der Waals surface area contributed by atoms with E-state index in [1.165, 1.54) is 5.56 Å². The number of halogens is 1. The van der Waals surface area contributed by atoms with Crippen molar-refractivity contribution in [2.24, 2.45) is 0 Å². The Hall–Kier alpha value is -1.26. The van der Waals surface area contributed by atoms with Crippen molar-refractivity contribution in [3.8, 4) is 0 Å². The molecule has 2 amide bonds. The van der Waals surface area contributed by atoms with E-state index in [-0.39, 0.29) is 18.4 Å². The number of carbonyl (C=O) groups is 1. The molecule has 2 heterocycles. The molecule has 0 saturated carbocycles. The highest BCUT2D eigenvalue weighted by Gasteiger charge is 2.29. The van der Waals surface area contributed by atoms with Crippen molar-refractivity contribution in [3.05, 3.63) is 29.8 Å². The average molecular weight is 268 g/mol. The van der Waals surface area contributed by atoms with Crippen LogP contribution in [0.2, 0.25) is 0 Å². The number of rotatable bonds is 1. The van der Waals surface area contributed by atoms with Crippen LogP contribution in [-0.2, 0) is 6.54 Å². The number of amides is 2. The minimum absolute atomic E-state index is 0. The van der Waals surface area contributed by atoms with Crippen LogP contribution in [0.25, 0.3) is 0 Å². The predicted molar refractivity (Wildman–Crippen MR) is 74.1 cm³/mol. The first-order valence-corrected chi connectivity index (χ1v) is 6.21. The van der Waals surface area contributed by atoms with Gasteiger partial charge >= 0.3 is 6.03 Å². The van der Waals surface area contributed by atoms with Crippen LogP contribution in [-0.4, -0.2) is 30.1 Å². The molecule has 1 atom stereocenters. The maximum atomic E-state index is 12.0. The van der Waals surface area contributed by atoms with Crippen molar-refractivity contribution in [1.82, 2.24) is 10.2 Å². The molecule has 5 heteroatoms. The van der Waals surface area contributed by atoms with E-state index in [1.54, 1.807) is 0 Å². The largest absolute Gasteiger partial charge is 0.322 e. The summed E-state index contributed by atoms with van der Waals surface area (Å²) in [6.45, 7) is 2.71. The molecule has 0 radical (unpaired) electrons. The van der Waals surface area contributed by atoms with E-state index >= 15 is 0 Å². The van der Waals surface area contributed by atoms with Crippen molar-refractivity contribution < 1.29 is 4.79 Å². The summed E-state index contributed by atoms with van der Waals surface area (Å²) in [5, 5.41) is 6.32. The molecule has 1 aromatic carbocycles. The molecule has 4 nitrogen and oxygen atoms in total. The number of urea groups is 1. The van der Waals surface area contributed by atoms with Crippen LogP contribution in [0.3, 0.4) is 0 Å². The Morgan fingerprint density at radius 3 is 2.89 bits per heavy atom. The molecule has 2 aliphatic rings. The first-order valence-electron chi connectivity index (χ1n) is 6.21. The smallest absolute Gasteiger partial charge is 0.316 e. The quantitative estimate of drug-likeness (QED) is 0.819. The van der Waals surface area contributed by atoms with Crippen LogP contribution in [0.4, 0.5) is 10.5 Å². The number of anilines is 1. The van der Waals surface area contributed by atoms with Crippen LogP contribution in [0.5, 0.6) is 0 Å². The fourth-order valence-corrected chi connectivity index (χ4v) is 2.62. The minimum atomic E-state index is 0. The molecule has 1 saturated heterocycles. The standard InChI is InChI=1S/C13H17N3O.ClH/c17-13-15-12-6-2-1-4-10(12)9-16(13)11-5-3-7-14-8-11;/h1-2,4,6,11,14H,3,5,7-9H2,(H,15,17);1H/t11-;/m1./s1. The van der Waals surface area contributed by atoms with Gasteiger partial charge in [0.1, 0.15) is 0 Å². The number of nitrogens with one attached hydrogen (secondary N) is 2. The molecular formula is C13H18ClN3O. The SMILES string of the molecule is Cl.O=C1Nc2ccccc2CN1[C@@H]1CCCNC1. The van der Waals surface area contributed by atoms with E-state index in [2.05, 4.69) is 16.7 Å². The Balaban J connectivity index is 0.00000120. The number of para-hydroxylation sites is 1. The van der Waals surface area contributed by atoms with Crippen LogP contribution < -0.4 is 10.6 Å². The van der Waals surface area contributed by atoms with Crippen LogP contribution in [0.1, 0.15) is 18.4 Å². The van der Waals surface area contributed by atoms with E-state index in [0.717, 1.165) is 38.2 Å². The number of piperidine rings is 1. The molecule has 1 fully saturated rings. The zero-order chi connectivity index (χ0) is 11.7. The van der Waals surface area contributed by atoms with Gasteiger partial charge in [0.05, 0.1) is 0 Å². The minimum Gasteiger partial charge on any atom is -0.316 e. The summed E-state index contributed by atoms with van der Waals surface area (Å²) >= 11 is 0. The van der Waals surface area contributed by atoms with Crippen molar-refractivity contribution >= 4 is 24.1 Å². The monoisotopic (exact) mass is 267 g/mol. The summed E-state index contributed by atoms with van der Waals surface area (Å²) in [6, 6.07) is 8.39. The zero-order valence-corrected chi connectivity index (χ0v) is 11.0. The predicted octanol–water partition coefficient (Wildman–Crippen LogP) is 2.21. The lowest BCUT2D eigenvalue weighted by Gasteiger charge is -2.37. The van der Waals surface area contributed by atoms with Crippen molar-refractivity contribution in [2.45, 2.75) is 25.4 Å². The Labute approximate surface area is 113 Å². The maximum absolute atomic E-state index is 12.0. The second-order valence-corrected chi connectivity index (χ2v) is 4.72. The van der Waals surface area contributed by atoms with Crippen LogP contribution in [0.15, 0.2) is 24.3 Å². The summed E-state index contributed by atoms with van der Waals surface area (Å²) in [6.07, 6.45) is 2.25. The lowest BCUT2D eigenvalue weighted by molar-refractivity contribution is 0.166. The van der Waals surface area contributed by atoms with Crippen molar-refractivity contribution in [1.29, 1.82) is 0 Å². The fourth-order valence-electron chi connectivity index (χ4n) is 2.62. The molecule has 0 aromatic heterocycles. The lowest BCUT2D eigenvalue weighted by Crippen LogP contribution is -2.51.